The molecule has 22 heavy (non-hydrogen) atoms. The Labute approximate surface area is 134 Å². The number of nitrogens with zero attached hydrogens (tertiary/aromatic N) is 2. The number of ketones is 1. The number of aliphatic hydroxyl groups excluding tert-OH is 1. The Morgan fingerprint density at radius 3 is 2.82 bits per heavy atom. The Bertz CT molecular complexity index is 1050. The van der Waals surface area contributed by atoms with E-state index in [-0.39, 0.29) is 0 Å². The average Bonchev–Trinajstić information content (AvgIpc) is 2.64. The molecule has 6 nitrogen and oxygen atoms in total. The predicted molar refractivity (Wildman–Crippen MR) is 79.2 cm³/mol. The van der Waals surface area contributed by atoms with Crippen molar-refractivity contribution in [3.05, 3.63) is 52.8 Å². The first-order valence-corrected chi connectivity index (χ1v) is 5.98. The molecular formula is C16H12N2O4. The van der Waals surface area contributed by atoms with Crippen molar-refractivity contribution in [1.29, 1.82) is 5.26 Å². The van der Waals surface area contributed by atoms with Crippen LogP contribution in [0, 0.1) is 11.3 Å². The molecule has 2 N–H and O–H groups in total. The lowest BCUT2D eigenvalue weighted by atomic mass is 10.00. The van der Waals surface area contributed by atoms with Gasteiger partial charge < -0.3 is 10.2 Å². The van der Waals surface area contributed by atoms with Crippen LogP contribution in [0.3, 0.4) is 0 Å². The number of aliphatic hydroxyl groups is 1. The topological polar surface area (TPSA) is 111 Å². The van der Waals surface area contributed by atoms with Crippen molar-refractivity contribution in [2.24, 2.45) is 4.99 Å². The number of allylic oxidation sites excluding steroid dienone is 3. The molecule has 1 aliphatic rings. The standard InChI is InChI=1S/C16H12N2O4/c17-8-10-2-1-3-11(6-10)12-7-14(20)16(18-9-12)13(19)4-5-15(21)22/h1-3,6-7,9,19H,4-5H2,(H,21,22)/i1D,2D,3D,6D,7D,9D. The van der Waals surface area contributed by atoms with Gasteiger partial charge in [-0.1, -0.05) is 12.1 Å². The first-order chi connectivity index (χ1) is 13.0. The van der Waals surface area contributed by atoms with Crippen LogP contribution in [0.2, 0.25) is 0 Å². The van der Waals surface area contributed by atoms with Crippen molar-refractivity contribution in [1.82, 2.24) is 0 Å². The predicted octanol–water partition coefficient (Wildman–Crippen LogP) is 2.23. The van der Waals surface area contributed by atoms with Crippen LogP contribution in [0.5, 0.6) is 0 Å². The summed E-state index contributed by atoms with van der Waals surface area (Å²) < 4.78 is 47.3. The first kappa shape index (κ1) is 8.95. The Kier molecular flexibility index (Phi) is 2.64. The Morgan fingerprint density at radius 2 is 2.14 bits per heavy atom. The zero-order chi connectivity index (χ0) is 21.3. The molecule has 0 spiro atoms. The number of nitriles is 1. The van der Waals surface area contributed by atoms with Crippen molar-refractivity contribution < 1.29 is 28.0 Å². The van der Waals surface area contributed by atoms with Crippen LogP contribution in [0.1, 0.15) is 32.2 Å². The normalized spacial score (nSPS) is 20.7. The number of carbonyl (C=O) groups is 2. The van der Waals surface area contributed by atoms with Crippen LogP contribution in [0.25, 0.3) is 5.57 Å². The fourth-order valence-corrected chi connectivity index (χ4v) is 1.55. The van der Waals surface area contributed by atoms with Crippen LogP contribution in [0.4, 0.5) is 0 Å². The maximum absolute atomic E-state index is 12.4. The number of rotatable bonds is 4. The van der Waals surface area contributed by atoms with Crippen molar-refractivity contribution in [2.75, 3.05) is 0 Å². The quantitative estimate of drug-likeness (QED) is 0.654. The molecule has 1 aliphatic heterocycles. The SMILES string of the molecule is [2H]C1=NC(=C(O)CCC(=O)O)C(=O)C([2H])=C1c1c([2H])c([2H])c([2H])c(C#N)c1[2H]. The summed E-state index contributed by atoms with van der Waals surface area (Å²) in [5.74, 6) is -3.13. The van der Waals surface area contributed by atoms with Crippen LogP contribution in [-0.4, -0.2) is 28.2 Å². The number of hydrogen-bond donors (Lipinski definition) is 2. The minimum atomic E-state index is -1.24. The summed E-state index contributed by atoms with van der Waals surface area (Å²) in [4.78, 5) is 26.6. The lowest BCUT2D eigenvalue weighted by molar-refractivity contribution is -0.137. The highest BCUT2D eigenvalue weighted by Crippen LogP contribution is 2.22. The van der Waals surface area contributed by atoms with Crippen molar-refractivity contribution >= 4 is 23.5 Å². The molecule has 1 aromatic carbocycles. The molecule has 0 aromatic heterocycles. The summed E-state index contributed by atoms with van der Waals surface area (Å²) >= 11 is 0. The van der Waals surface area contributed by atoms with Crippen LogP contribution in [-0.2, 0) is 9.59 Å². The van der Waals surface area contributed by atoms with Gasteiger partial charge in [0.15, 0.2) is 0 Å². The number of dihydropyridines is 1. The molecular weight excluding hydrogens is 284 g/mol. The third-order valence-corrected chi connectivity index (χ3v) is 2.57. The maximum atomic E-state index is 12.4. The second kappa shape index (κ2) is 6.50. The van der Waals surface area contributed by atoms with E-state index in [2.05, 4.69) is 4.99 Å². The molecule has 0 bridgehead atoms. The van der Waals surface area contributed by atoms with Gasteiger partial charge in [-0.15, -0.1) is 0 Å². The Balaban J connectivity index is 2.71. The van der Waals surface area contributed by atoms with Gasteiger partial charge in [-0.3, -0.25) is 9.59 Å². The highest BCUT2D eigenvalue weighted by atomic mass is 16.4. The average molecular weight is 302 g/mol. The van der Waals surface area contributed by atoms with E-state index < -0.39 is 89.2 Å². The summed E-state index contributed by atoms with van der Waals surface area (Å²) in [6, 6.07) is -2.13. The van der Waals surface area contributed by atoms with E-state index in [1.807, 2.05) is 0 Å². The van der Waals surface area contributed by atoms with Crippen LogP contribution < -0.4 is 0 Å². The molecule has 0 fully saturated rings. The molecule has 1 aromatic rings. The number of aliphatic carboxylic acids is 1. The summed E-state index contributed by atoms with van der Waals surface area (Å²) in [6.45, 7) is 0. The van der Waals surface area contributed by atoms with E-state index in [9.17, 15) is 14.7 Å². The van der Waals surface area contributed by atoms with Gasteiger partial charge in [-0.2, -0.15) is 5.26 Å². The highest BCUT2D eigenvalue weighted by molar-refractivity contribution is 6.24. The third kappa shape index (κ3) is 3.46. The molecule has 0 aliphatic carbocycles. The number of carboxylic acid groups (broad SMARTS) is 1. The van der Waals surface area contributed by atoms with E-state index in [0.717, 1.165) is 0 Å². The number of benzene rings is 1. The van der Waals surface area contributed by atoms with E-state index >= 15 is 0 Å². The van der Waals surface area contributed by atoms with Gasteiger partial charge in [0.1, 0.15) is 11.5 Å². The van der Waals surface area contributed by atoms with E-state index in [1.165, 1.54) is 0 Å². The fraction of sp³-hybridized carbons (Fsp3) is 0.125. The molecule has 0 saturated heterocycles. The van der Waals surface area contributed by atoms with Gasteiger partial charge in [0.2, 0.25) is 5.78 Å². The monoisotopic (exact) mass is 302 g/mol. The van der Waals surface area contributed by atoms with Gasteiger partial charge in [0, 0.05) is 18.2 Å². The smallest absolute Gasteiger partial charge is 0.303 e. The van der Waals surface area contributed by atoms with E-state index in [0.29, 0.717) is 0 Å². The lowest BCUT2D eigenvalue weighted by Gasteiger charge is -2.10. The number of carboxylic acids is 1. The molecule has 0 unspecified atom stereocenters. The van der Waals surface area contributed by atoms with E-state index in [1.54, 1.807) is 6.07 Å². The van der Waals surface area contributed by atoms with Crippen LogP contribution in [0.15, 0.2) is 46.7 Å². The molecule has 110 valence electrons. The lowest BCUT2D eigenvalue weighted by Crippen LogP contribution is -2.09. The molecule has 2 rings (SSSR count). The van der Waals surface area contributed by atoms with Gasteiger partial charge in [-0.05, 0) is 23.7 Å². The van der Waals surface area contributed by atoms with Gasteiger partial charge in [-0.25, -0.2) is 4.99 Å². The second-order valence-electron chi connectivity index (χ2n) is 4.10. The molecule has 0 atom stereocenters. The van der Waals surface area contributed by atoms with Gasteiger partial charge >= 0.3 is 5.97 Å². The number of hydrogen-bond acceptors (Lipinski definition) is 5. The zero-order valence-electron chi connectivity index (χ0n) is 17.0. The van der Waals surface area contributed by atoms with Gasteiger partial charge in [0.25, 0.3) is 0 Å². The van der Waals surface area contributed by atoms with Crippen molar-refractivity contribution in [2.45, 2.75) is 12.8 Å². The van der Waals surface area contributed by atoms with Gasteiger partial charge in [0.05, 0.1) is 26.3 Å². The molecule has 0 radical (unpaired) electrons. The van der Waals surface area contributed by atoms with Crippen molar-refractivity contribution in [3.8, 4) is 6.07 Å². The fourth-order valence-electron chi connectivity index (χ4n) is 1.55. The Hall–Kier alpha value is -3.20. The Morgan fingerprint density at radius 1 is 1.36 bits per heavy atom. The summed E-state index contributed by atoms with van der Waals surface area (Å²) in [5.41, 5.74) is -2.36. The molecule has 0 amide bonds. The largest absolute Gasteiger partial charge is 0.510 e. The molecule has 0 saturated carbocycles. The number of carbonyl (C=O) groups excluding carboxylic acids is 1. The van der Waals surface area contributed by atoms with Crippen LogP contribution >= 0.6 is 0 Å². The minimum Gasteiger partial charge on any atom is -0.510 e. The minimum absolute atomic E-state index is 0.452. The maximum Gasteiger partial charge on any atom is 0.303 e. The summed E-state index contributed by atoms with van der Waals surface area (Å²) in [6.07, 6.45) is -1.74. The second-order valence-corrected chi connectivity index (χ2v) is 4.10. The first-order valence-electron chi connectivity index (χ1n) is 8.98. The summed E-state index contributed by atoms with van der Waals surface area (Å²) in [5, 5.41) is 27.6. The third-order valence-electron chi connectivity index (χ3n) is 2.57. The molecule has 1 heterocycles. The number of aliphatic imine (C=N–C) groups is 1. The van der Waals surface area contributed by atoms with Crippen molar-refractivity contribution in [3.63, 3.8) is 0 Å². The molecule has 6 heteroatoms. The highest BCUT2D eigenvalue weighted by Gasteiger charge is 2.18. The zero-order valence-corrected chi connectivity index (χ0v) is 11.0. The summed E-state index contributed by atoms with van der Waals surface area (Å²) in [7, 11) is 0. The van der Waals surface area contributed by atoms with E-state index in [4.69, 9.17) is 18.6 Å².